The molecule has 4 aromatic carbocycles. The van der Waals surface area contributed by atoms with Crippen molar-refractivity contribution in [1.82, 2.24) is 10.6 Å². The van der Waals surface area contributed by atoms with Gasteiger partial charge in [-0.15, -0.1) is 0 Å². The predicted molar refractivity (Wildman–Crippen MR) is 180 cm³/mol. The molecule has 0 bridgehead atoms. The van der Waals surface area contributed by atoms with Crippen LogP contribution in [-0.4, -0.2) is 57.1 Å². The highest BCUT2D eigenvalue weighted by molar-refractivity contribution is 5.98. The third-order valence-electron chi connectivity index (χ3n) is 8.28. The molecule has 0 spiro atoms. The number of carbonyl (C=O) groups is 2. The van der Waals surface area contributed by atoms with Crippen LogP contribution in [0, 0.1) is 17.1 Å². The smallest absolute Gasteiger partial charge is 0.407 e. The molecule has 2 amide bonds. The number of nitrogens with zero attached hydrogens (tertiary/aromatic N) is 1. The SMILES string of the molecule is COC(=O)N[C@H](C(=O)Nc1cc(F)ccc1CC[C@@H]1CNC[C@@H](CCOc2ccc(C#N)cc2)O1)C(c1ccccc1)c1ccccc1. The van der Waals surface area contributed by atoms with Gasteiger partial charge in [0, 0.05) is 31.1 Å². The summed E-state index contributed by atoms with van der Waals surface area (Å²) in [5.74, 6) is -0.860. The van der Waals surface area contributed by atoms with Crippen molar-refractivity contribution in [2.45, 2.75) is 43.4 Å². The summed E-state index contributed by atoms with van der Waals surface area (Å²) < 4.78 is 31.6. The van der Waals surface area contributed by atoms with Gasteiger partial charge in [0.05, 0.1) is 37.6 Å². The average molecular weight is 651 g/mol. The van der Waals surface area contributed by atoms with Gasteiger partial charge >= 0.3 is 6.09 Å². The molecule has 1 aliphatic heterocycles. The maximum absolute atomic E-state index is 14.6. The van der Waals surface area contributed by atoms with E-state index >= 15 is 0 Å². The number of nitrogens with one attached hydrogen (secondary N) is 3. The van der Waals surface area contributed by atoms with Gasteiger partial charge in [-0.1, -0.05) is 66.7 Å². The highest BCUT2D eigenvalue weighted by atomic mass is 19.1. The zero-order chi connectivity index (χ0) is 33.7. The van der Waals surface area contributed by atoms with Crippen LogP contribution in [0.25, 0.3) is 0 Å². The third kappa shape index (κ3) is 9.41. The lowest BCUT2D eigenvalue weighted by atomic mass is 9.84. The minimum absolute atomic E-state index is 0.0485. The lowest BCUT2D eigenvalue weighted by molar-refractivity contribution is -0.118. The van der Waals surface area contributed by atoms with Crippen LogP contribution < -0.4 is 20.7 Å². The van der Waals surface area contributed by atoms with Crippen LogP contribution in [-0.2, 0) is 20.7 Å². The van der Waals surface area contributed by atoms with Crippen LogP contribution in [0.5, 0.6) is 5.75 Å². The molecule has 0 radical (unpaired) electrons. The largest absolute Gasteiger partial charge is 0.493 e. The van der Waals surface area contributed by atoms with E-state index in [9.17, 15) is 14.0 Å². The number of ether oxygens (including phenoxy) is 3. The van der Waals surface area contributed by atoms with Crippen molar-refractivity contribution >= 4 is 17.7 Å². The van der Waals surface area contributed by atoms with E-state index in [2.05, 4.69) is 22.0 Å². The first-order chi connectivity index (χ1) is 23.4. The van der Waals surface area contributed by atoms with Crippen LogP contribution in [0.4, 0.5) is 14.9 Å². The van der Waals surface area contributed by atoms with Crippen molar-refractivity contribution < 1.29 is 28.2 Å². The molecule has 1 aliphatic rings. The van der Waals surface area contributed by atoms with E-state index in [4.69, 9.17) is 19.5 Å². The molecule has 0 aliphatic carbocycles. The number of halogens is 1. The fourth-order valence-electron chi connectivity index (χ4n) is 5.84. The lowest BCUT2D eigenvalue weighted by Gasteiger charge is -2.31. The van der Waals surface area contributed by atoms with Crippen LogP contribution in [0.1, 0.15) is 41.0 Å². The van der Waals surface area contributed by atoms with E-state index in [1.54, 1.807) is 30.3 Å². The second-order valence-electron chi connectivity index (χ2n) is 11.6. The van der Waals surface area contributed by atoms with E-state index in [0.717, 1.165) is 16.7 Å². The normalized spacial score (nSPS) is 16.4. The van der Waals surface area contributed by atoms with Gasteiger partial charge in [-0.2, -0.15) is 5.26 Å². The van der Waals surface area contributed by atoms with Gasteiger partial charge in [0.1, 0.15) is 17.6 Å². The molecule has 1 saturated heterocycles. The monoisotopic (exact) mass is 650 g/mol. The van der Waals surface area contributed by atoms with Crippen molar-refractivity contribution in [1.29, 1.82) is 5.26 Å². The summed E-state index contributed by atoms with van der Waals surface area (Å²) in [4.78, 5) is 26.6. The van der Waals surface area contributed by atoms with Crippen LogP contribution in [0.15, 0.2) is 103 Å². The molecule has 1 fully saturated rings. The van der Waals surface area contributed by atoms with Gasteiger partial charge in [0.25, 0.3) is 0 Å². The molecular formula is C38H39FN4O5. The molecule has 10 heteroatoms. The van der Waals surface area contributed by atoms with Crippen LogP contribution in [0.2, 0.25) is 0 Å². The predicted octanol–water partition coefficient (Wildman–Crippen LogP) is 5.95. The number of amides is 2. The second kappa shape index (κ2) is 17.1. The minimum Gasteiger partial charge on any atom is -0.493 e. The van der Waals surface area contributed by atoms with Gasteiger partial charge < -0.3 is 30.2 Å². The quantitative estimate of drug-likeness (QED) is 0.164. The Morgan fingerprint density at radius 2 is 1.58 bits per heavy atom. The fourth-order valence-corrected chi connectivity index (χ4v) is 5.84. The number of nitriles is 1. The highest BCUT2D eigenvalue weighted by Gasteiger charge is 2.33. The van der Waals surface area contributed by atoms with E-state index in [1.165, 1.54) is 19.2 Å². The summed E-state index contributed by atoms with van der Waals surface area (Å²) in [7, 11) is 1.24. The first kappa shape index (κ1) is 34.1. The van der Waals surface area contributed by atoms with Crippen LogP contribution >= 0.6 is 0 Å². The first-order valence-corrected chi connectivity index (χ1v) is 16.0. The van der Waals surface area contributed by atoms with E-state index in [-0.39, 0.29) is 12.2 Å². The molecule has 0 aromatic heterocycles. The molecule has 4 aromatic rings. The Morgan fingerprint density at radius 1 is 0.938 bits per heavy atom. The summed E-state index contributed by atoms with van der Waals surface area (Å²) in [6.45, 7) is 1.83. The third-order valence-corrected chi connectivity index (χ3v) is 8.28. The van der Waals surface area contributed by atoms with Crippen molar-refractivity contribution in [3.8, 4) is 11.8 Å². The number of alkyl carbamates (subject to hydrolysis) is 1. The van der Waals surface area contributed by atoms with E-state index < -0.39 is 29.8 Å². The number of aryl methyl sites for hydroxylation is 1. The summed E-state index contributed by atoms with van der Waals surface area (Å²) >= 11 is 0. The maximum atomic E-state index is 14.6. The molecular weight excluding hydrogens is 611 g/mol. The Bertz CT molecular complexity index is 1640. The van der Waals surface area contributed by atoms with Gasteiger partial charge in [-0.25, -0.2) is 9.18 Å². The van der Waals surface area contributed by atoms with Crippen molar-refractivity contribution in [3.05, 3.63) is 131 Å². The molecule has 248 valence electrons. The van der Waals surface area contributed by atoms with E-state index in [0.29, 0.717) is 56.0 Å². The molecule has 0 saturated carbocycles. The van der Waals surface area contributed by atoms with Gasteiger partial charge in [0.15, 0.2) is 0 Å². The number of morpholine rings is 1. The molecule has 48 heavy (non-hydrogen) atoms. The first-order valence-electron chi connectivity index (χ1n) is 16.0. The zero-order valence-corrected chi connectivity index (χ0v) is 26.7. The standard InChI is InChI=1S/C38H39FN4O5/c1-46-38(45)43-36(35(28-8-4-2-5-9-28)29-10-6-3-7-11-29)37(44)42-34-22-30(39)16-14-27(34)15-19-32-24-41-25-33(48-32)20-21-47-31-17-12-26(23-40)13-18-31/h2-14,16-18,22,32-33,35-36,41H,15,19-21,24-25H2,1H3,(H,42,44)(H,43,45)/t32-,33-,36+/m1/s1. The summed E-state index contributed by atoms with van der Waals surface area (Å²) in [6, 6.07) is 31.2. The van der Waals surface area contributed by atoms with Gasteiger partial charge in [0.2, 0.25) is 5.91 Å². The van der Waals surface area contributed by atoms with Crippen LogP contribution in [0.3, 0.4) is 0 Å². The Labute approximate surface area is 280 Å². The number of hydrogen-bond donors (Lipinski definition) is 3. The topological polar surface area (TPSA) is 122 Å². The minimum atomic E-state index is -1.07. The number of hydrogen-bond acceptors (Lipinski definition) is 7. The molecule has 0 unspecified atom stereocenters. The average Bonchev–Trinajstić information content (AvgIpc) is 3.12. The van der Waals surface area contributed by atoms with Crippen molar-refractivity contribution in [3.63, 3.8) is 0 Å². The number of rotatable bonds is 13. The maximum Gasteiger partial charge on any atom is 0.407 e. The summed E-state index contributed by atoms with van der Waals surface area (Å²) in [5.41, 5.74) is 3.28. The number of methoxy groups -OCH3 is 1. The Balaban J connectivity index is 1.26. The summed E-state index contributed by atoms with van der Waals surface area (Å²) in [5, 5.41) is 18.0. The summed E-state index contributed by atoms with van der Waals surface area (Å²) in [6.07, 6.45) is 0.932. The molecule has 1 heterocycles. The second-order valence-corrected chi connectivity index (χ2v) is 11.6. The number of anilines is 1. The van der Waals surface area contributed by atoms with Gasteiger partial charge in [-0.05, 0) is 65.9 Å². The lowest BCUT2D eigenvalue weighted by Crippen LogP contribution is -2.48. The Hall–Kier alpha value is -5.24. The highest BCUT2D eigenvalue weighted by Crippen LogP contribution is 2.30. The molecule has 3 atom stereocenters. The zero-order valence-electron chi connectivity index (χ0n) is 26.7. The fraction of sp³-hybridized carbons (Fsp3) is 0.289. The number of benzene rings is 4. The molecule has 3 N–H and O–H groups in total. The Kier molecular flexibility index (Phi) is 12.1. The number of carbonyl (C=O) groups excluding carboxylic acids is 2. The van der Waals surface area contributed by atoms with E-state index in [1.807, 2.05) is 60.7 Å². The molecule has 9 nitrogen and oxygen atoms in total. The van der Waals surface area contributed by atoms with Gasteiger partial charge in [-0.3, -0.25) is 4.79 Å². The molecule has 5 rings (SSSR count). The van der Waals surface area contributed by atoms with Crippen molar-refractivity contribution in [2.75, 3.05) is 32.1 Å². The Morgan fingerprint density at radius 3 is 2.21 bits per heavy atom. The van der Waals surface area contributed by atoms with Crippen molar-refractivity contribution in [2.24, 2.45) is 0 Å².